The van der Waals surface area contributed by atoms with Crippen molar-refractivity contribution in [2.75, 3.05) is 35.0 Å². The minimum Gasteiger partial charge on any atom is -0.493 e. The fourth-order valence-corrected chi connectivity index (χ4v) is 9.96. The standard InChI is InChI=1S/C28H27ClFNO6.C27H26ClFN2O5.C16H16ClFN2O3.3CH4/c1-28(34,11-10-23(32)17-5-9-24(25(14-17)35-2)37-19-6-7-19)26-15-18(27(33)36-3)13-22(31-26)16-4-8-21(30)20(29)12-16;1-27(34,10-9-22(32)16-4-8-23(24(13-16)35-2)36-18-5-6-18)25-14-17(26(30)33)12-21(31-25)15-3-7-20(29)19(28)11-15;1-16(22,8-19)14-7-10(15(21)23-2)6-13(20-14)9-3-4-12(18)11(17)5-9;;;/h4-5,8-9,12-15,19,34H,6-7,10-11H2,1-3H3;3-4,7-8,11-14,18,34H,5-6,9-10H2,1-2H3,(H2,30,33);3-7,22H,8,19H2,1-2H3;3*1H4. The summed E-state index contributed by atoms with van der Waals surface area (Å²) >= 11 is 17.6. The van der Waals surface area contributed by atoms with E-state index in [4.69, 9.17) is 74.7 Å². The number of esters is 2. The molecule has 19 nitrogen and oxygen atoms in total. The summed E-state index contributed by atoms with van der Waals surface area (Å²) < 4.78 is 72.5. The Labute approximate surface area is 588 Å². The Balaban J connectivity index is 0.000000271. The van der Waals surface area contributed by atoms with Crippen LogP contribution in [-0.4, -0.2) is 107 Å². The van der Waals surface area contributed by atoms with E-state index in [1.54, 1.807) is 36.4 Å². The highest BCUT2D eigenvalue weighted by atomic mass is 35.5. The molecule has 0 radical (unpaired) electrons. The Hall–Kier alpha value is -9.00. The first kappa shape index (κ1) is 80.7. The molecule has 7 N–H and O–H groups in total. The summed E-state index contributed by atoms with van der Waals surface area (Å²) in [6, 6.07) is 30.7. The van der Waals surface area contributed by atoms with Gasteiger partial charge in [-0.1, -0.05) is 57.1 Å². The number of ether oxygens (including phenoxy) is 6. The van der Waals surface area contributed by atoms with Gasteiger partial charge in [-0.2, -0.15) is 0 Å². The maximum absolute atomic E-state index is 13.7. The summed E-state index contributed by atoms with van der Waals surface area (Å²) in [5.74, 6) is -1.98. The number of amides is 1. The molecule has 0 saturated heterocycles. The number of methoxy groups -OCH3 is 4. The van der Waals surface area contributed by atoms with Gasteiger partial charge in [-0.25, -0.2) is 37.7 Å². The van der Waals surface area contributed by atoms with Gasteiger partial charge in [-0.05, 0) is 187 Å². The van der Waals surface area contributed by atoms with Crippen LogP contribution in [0.2, 0.25) is 15.1 Å². The Bertz CT molecular complexity index is 4240. The number of nitrogens with two attached hydrogens (primary N) is 2. The number of nitrogens with zero attached hydrogens (tertiary/aromatic N) is 3. The van der Waals surface area contributed by atoms with E-state index in [1.807, 2.05) is 0 Å². The highest BCUT2D eigenvalue weighted by molar-refractivity contribution is 6.31. The number of halogens is 6. The van der Waals surface area contributed by atoms with E-state index < -0.39 is 52.1 Å². The monoisotopic (exact) mass is 1430 g/mol. The van der Waals surface area contributed by atoms with Crippen LogP contribution < -0.4 is 30.4 Å². The zero-order valence-corrected chi connectivity index (χ0v) is 55.5. The SMILES string of the molecule is C.C.C.COC(=O)c1cc(-c2ccc(F)c(Cl)c2)nc(C(C)(O)CCC(=O)c2ccc(OC3CC3)c(OC)c2)c1.COC(=O)c1cc(-c2ccc(F)c(Cl)c2)nc(C(C)(O)CN)c1.COc1cc(C(=O)CCC(C)(O)c2cc(C(N)=O)cc(-c3ccc(F)c(Cl)c3)n2)ccc1OC1CC1. The van der Waals surface area contributed by atoms with Crippen molar-refractivity contribution >= 4 is 64.2 Å². The maximum Gasteiger partial charge on any atom is 0.337 e. The highest BCUT2D eigenvalue weighted by Gasteiger charge is 2.32. The van der Waals surface area contributed by atoms with E-state index >= 15 is 0 Å². The molecule has 3 aromatic heterocycles. The number of primary amides is 1. The molecule has 2 fully saturated rings. The number of carbonyl (C=O) groups is 5. The summed E-state index contributed by atoms with van der Waals surface area (Å²) in [5, 5.41) is 32.5. The van der Waals surface area contributed by atoms with Crippen LogP contribution >= 0.6 is 34.8 Å². The number of benzene rings is 5. The normalized spacial score (nSPS) is 13.9. The third-order valence-electron chi connectivity index (χ3n) is 15.6. The number of ketones is 2. The van der Waals surface area contributed by atoms with Gasteiger partial charge in [0.1, 0.15) is 34.3 Å². The zero-order valence-electron chi connectivity index (χ0n) is 53.2. The molecule has 5 aromatic carbocycles. The fraction of sp³-hybridized carbons (Fsp3) is 0.324. The largest absolute Gasteiger partial charge is 0.493 e. The summed E-state index contributed by atoms with van der Waals surface area (Å²) in [7, 11) is 5.51. The summed E-state index contributed by atoms with van der Waals surface area (Å²) in [6.07, 6.45) is 4.42. The first-order chi connectivity index (χ1) is 45.5. The topological polar surface area (TPSA) is 292 Å². The minimum absolute atomic E-state index is 0. The van der Waals surface area contributed by atoms with Gasteiger partial charge in [0.25, 0.3) is 0 Å². The smallest absolute Gasteiger partial charge is 0.337 e. The molecule has 8 aromatic rings. The van der Waals surface area contributed by atoms with Crippen LogP contribution in [-0.2, 0) is 26.3 Å². The number of hydrogen-bond donors (Lipinski definition) is 5. The Kier molecular flexibility index (Phi) is 28.3. The molecule has 2 aliphatic carbocycles. The maximum atomic E-state index is 13.7. The molecule has 2 aliphatic rings. The number of hydrogen-bond acceptors (Lipinski definition) is 18. The molecule has 3 unspecified atom stereocenters. The van der Waals surface area contributed by atoms with Crippen molar-refractivity contribution in [3.05, 3.63) is 205 Å². The molecule has 0 bridgehead atoms. The Morgan fingerprint density at radius 1 is 0.465 bits per heavy atom. The van der Waals surface area contributed by atoms with Crippen LogP contribution in [0.25, 0.3) is 33.8 Å². The van der Waals surface area contributed by atoms with Gasteiger partial charge in [-0.3, -0.25) is 14.4 Å². The number of pyridine rings is 3. The first-order valence-corrected chi connectivity index (χ1v) is 31.1. The lowest BCUT2D eigenvalue weighted by atomic mass is 9.91. The second-order valence-electron chi connectivity index (χ2n) is 23.4. The van der Waals surface area contributed by atoms with E-state index in [2.05, 4.69) is 15.0 Å². The van der Waals surface area contributed by atoms with Crippen LogP contribution in [0.4, 0.5) is 13.2 Å². The van der Waals surface area contributed by atoms with Crippen molar-refractivity contribution in [3.63, 3.8) is 0 Å². The van der Waals surface area contributed by atoms with Crippen molar-refractivity contribution in [1.82, 2.24) is 15.0 Å². The molecule has 528 valence electrons. The molecule has 10 rings (SSSR count). The molecule has 3 heterocycles. The lowest BCUT2D eigenvalue weighted by Gasteiger charge is -2.24. The number of aliphatic hydroxyl groups is 3. The zero-order chi connectivity index (χ0) is 70.0. The van der Waals surface area contributed by atoms with Gasteiger partial charge >= 0.3 is 11.9 Å². The van der Waals surface area contributed by atoms with E-state index in [0.29, 0.717) is 62.2 Å². The molecule has 1 amide bonds. The summed E-state index contributed by atoms with van der Waals surface area (Å²) in [4.78, 5) is 75.3. The summed E-state index contributed by atoms with van der Waals surface area (Å²) in [6.45, 7) is 4.41. The summed E-state index contributed by atoms with van der Waals surface area (Å²) in [5.41, 5.74) is 10.6. The predicted molar refractivity (Wildman–Crippen MR) is 373 cm³/mol. The molecule has 3 atom stereocenters. The Morgan fingerprint density at radius 2 is 0.788 bits per heavy atom. The van der Waals surface area contributed by atoms with Gasteiger partial charge in [0.15, 0.2) is 34.6 Å². The molecular formula is C74H81Cl3F3N5O14. The van der Waals surface area contributed by atoms with E-state index in [-0.39, 0.29) is 133 Å². The second kappa shape index (κ2) is 34.7. The van der Waals surface area contributed by atoms with Crippen LogP contribution in [0.15, 0.2) is 127 Å². The lowest BCUT2D eigenvalue weighted by Crippen LogP contribution is -2.32. The molecule has 25 heteroatoms. The van der Waals surface area contributed by atoms with Crippen molar-refractivity contribution in [1.29, 1.82) is 0 Å². The Morgan fingerprint density at radius 3 is 1.08 bits per heavy atom. The molecular weight excluding hydrogens is 1350 g/mol. The number of Topliss-reactive ketones (excluding diaryl/α,β-unsaturated/α-hetero) is 2. The average Bonchev–Trinajstić information content (AvgIpc) is 1.60. The van der Waals surface area contributed by atoms with Crippen LogP contribution in [0.5, 0.6) is 23.0 Å². The predicted octanol–water partition coefficient (Wildman–Crippen LogP) is 15.2. The highest BCUT2D eigenvalue weighted by Crippen LogP contribution is 2.39. The van der Waals surface area contributed by atoms with Gasteiger partial charge in [0.05, 0.1) is 101 Å². The molecule has 2 saturated carbocycles. The quantitative estimate of drug-likeness (QED) is 0.0277. The lowest BCUT2D eigenvalue weighted by molar-refractivity contribution is 0.0394. The average molecular weight is 1430 g/mol. The number of carbonyl (C=O) groups excluding carboxylic acids is 5. The fourth-order valence-electron chi connectivity index (χ4n) is 9.41. The van der Waals surface area contributed by atoms with E-state index in [1.165, 1.54) is 140 Å². The minimum atomic E-state index is -1.57. The molecule has 0 aliphatic heterocycles. The van der Waals surface area contributed by atoms with E-state index in [0.717, 1.165) is 25.7 Å². The van der Waals surface area contributed by atoms with Crippen molar-refractivity contribution in [2.24, 2.45) is 11.5 Å². The van der Waals surface area contributed by atoms with Gasteiger partial charge in [0, 0.05) is 52.8 Å². The third kappa shape index (κ3) is 21.0. The third-order valence-corrected chi connectivity index (χ3v) is 16.5. The number of rotatable bonds is 24. The second-order valence-corrected chi connectivity index (χ2v) is 24.6. The first-order valence-electron chi connectivity index (χ1n) is 30.0. The van der Waals surface area contributed by atoms with E-state index in [9.17, 15) is 52.5 Å². The van der Waals surface area contributed by atoms with Gasteiger partial charge < -0.3 is 55.2 Å². The van der Waals surface area contributed by atoms with Crippen molar-refractivity contribution < 1.29 is 80.9 Å². The molecule has 0 spiro atoms. The number of aromatic nitrogens is 3. The van der Waals surface area contributed by atoms with Crippen LogP contribution in [0.1, 0.15) is 163 Å². The van der Waals surface area contributed by atoms with Crippen molar-refractivity contribution in [2.45, 2.75) is 123 Å². The van der Waals surface area contributed by atoms with Crippen molar-refractivity contribution in [3.8, 4) is 56.8 Å². The van der Waals surface area contributed by atoms with Crippen LogP contribution in [0, 0.1) is 17.5 Å². The van der Waals surface area contributed by atoms with Crippen LogP contribution in [0.3, 0.4) is 0 Å². The molecule has 99 heavy (non-hydrogen) atoms. The van der Waals surface area contributed by atoms with Gasteiger partial charge in [-0.15, -0.1) is 0 Å². The van der Waals surface area contributed by atoms with Gasteiger partial charge in [0.2, 0.25) is 5.91 Å².